The zero-order valence-corrected chi connectivity index (χ0v) is 18.8. The third-order valence-electron chi connectivity index (χ3n) is 5.85. The zero-order chi connectivity index (χ0) is 22.7. The lowest BCUT2D eigenvalue weighted by atomic mass is 10.1. The fourth-order valence-electron chi connectivity index (χ4n) is 4.24. The Kier molecular flexibility index (Phi) is 6.37. The Morgan fingerprint density at radius 3 is 2.56 bits per heavy atom. The van der Waals surface area contributed by atoms with Crippen LogP contribution in [-0.2, 0) is 24.9 Å². The molecule has 4 rings (SSSR count). The van der Waals surface area contributed by atoms with Crippen LogP contribution in [0.4, 0.5) is 0 Å². The molecule has 0 aliphatic heterocycles. The quantitative estimate of drug-likeness (QED) is 0.466. The second kappa shape index (κ2) is 9.36. The first-order valence-corrected chi connectivity index (χ1v) is 10.9. The van der Waals surface area contributed by atoms with Gasteiger partial charge >= 0.3 is 0 Å². The number of carbonyl (C=O) groups is 1. The van der Waals surface area contributed by atoms with Crippen molar-refractivity contribution in [2.45, 2.75) is 32.5 Å². The van der Waals surface area contributed by atoms with E-state index >= 15 is 0 Å². The summed E-state index contributed by atoms with van der Waals surface area (Å²) in [5.41, 5.74) is 2.40. The van der Waals surface area contributed by atoms with Crippen LogP contribution in [0.3, 0.4) is 0 Å². The Morgan fingerprint density at radius 1 is 1.09 bits per heavy atom. The summed E-state index contributed by atoms with van der Waals surface area (Å²) in [4.78, 5) is 28.1. The van der Waals surface area contributed by atoms with E-state index in [0.29, 0.717) is 5.52 Å². The minimum Gasteiger partial charge on any atom is -0.351 e. The SMILES string of the molecule is CCC(CN(C)Cc1ccccc1)NC(=O)Cn1c2ccccc2c2cnn(C)c(=O)c21. The van der Waals surface area contributed by atoms with Gasteiger partial charge in [-0.25, -0.2) is 4.68 Å². The van der Waals surface area contributed by atoms with Gasteiger partial charge in [0.15, 0.2) is 0 Å². The van der Waals surface area contributed by atoms with Crippen molar-refractivity contribution in [2.75, 3.05) is 13.6 Å². The number of amides is 1. The Balaban J connectivity index is 1.53. The van der Waals surface area contributed by atoms with Gasteiger partial charge in [0.1, 0.15) is 12.1 Å². The van der Waals surface area contributed by atoms with Gasteiger partial charge in [-0.05, 0) is 25.1 Å². The van der Waals surface area contributed by atoms with Crippen LogP contribution in [0, 0.1) is 0 Å². The Bertz CT molecular complexity index is 1290. The molecule has 0 aliphatic carbocycles. The number of rotatable bonds is 8. The molecule has 0 spiro atoms. The minimum absolute atomic E-state index is 0.0220. The number of hydrogen-bond acceptors (Lipinski definition) is 4. The molecule has 7 nitrogen and oxygen atoms in total. The molecule has 1 amide bonds. The normalized spacial score (nSPS) is 12.5. The molecule has 1 unspecified atom stereocenters. The van der Waals surface area contributed by atoms with Gasteiger partial charge in [0.2, 0.25) is 5.91 Å². The van der Waals surface area contributed by atoms with Crippen LogP contribution in [0.5, 0.6) is 0 Å². The van der Waals surface area contributed by atoms with Gasteiger partial charge < -0.3 is 14.8 Å². The first-order valence-electron chi connectivity index (χ1n) is 10.9. The van der Waals surface area contributed by atoms with Crippen LogP contribution >= 0.6 is 0 Å². The highest BCUT2D eigenvalue weighted by Gasteiger charge is 2.19. The van der Waals surface area contributed by atoms with Gasteiger partial charge in [-0.2, -0.15) is 5.10 Å². The van der Waals surface area contributed by atoms with Gasteiger partial charge in [0, 0.05) is 42.5 Å². The van der Waals surface area contributed by atoms with Crippen molar-refractivity contribution in [1.29, 1.82) is 0 Å². The van der Waals surface area contributed by atoms with Crippen LogP contribution < -0.4 is 10.9 Å². The molecule has 2 aromatic carbocycles. The van der Waals surface area contributed by atoms with Crippen molar-refractivity contribution < 1.29 is 4.79 Å². The van der Waals surface area contributed by atoms with Gasteiger partial charge in [0.25, 0.3) is 5.56 Å². The van der Waals surface area contributed by atoms with E-state index < -0.39 is 0 Å². The van der Waals surface area contributed by atoms with E-state index in [4.69, 9.17) is 0 Å². The van der Waals surface area contributed by atoms with Crippen LogP contribution in [0.25, 0.3) is 21.8 Å². The average molecular weight is 432 g/mol. The number of aromatic nitrogens is 3. The maximum Gasteiger partial charge on any atom is 0.291 e. The van der Waals surface area contributed by atoms with Crippen LogP contribution in [0.15, 0.2) is 65.6 Å². The van der Waals surface area contributed by atoms with Crippen LogP contribution in [0.2, 0.25) is 0 Å². The van der Waals surface area contributed by atoms with E-state index in [2.05, 4.69) is 41.4 Å². The molecule has 1 N–H and O–H groups in total. The molecule has 166 valence electrons. The fourth-order valence-corrected chi connectivity index (χ4v) is 4.24. The summed E-state index contributed by atoms with van der Waals surface area (Å²) in [5, 5.41) is 9.02. The summed E-state index contributed by atoms with van der Waals surface area (Å²) in [7, 11) is 3.69. The van der Waals surface area contributed by atoms with E-state index in [1.165, 1.54) is 10.2 Å². The standard InChI is InChI=1S/C25H29N5O2/c1-4-19(16-28(2)15-18-10-6-5-7-11-18)27-23(31)17-30-22-13-9-8-12-20(22)21-14-26-29(3)25(32)24(21)30/h5-14,19H,4,15-17H2,1-3H3,(H,27,31). The number of para-hydroxylation sites is 1. The van der Waals surface area contributed by atoms with Crippen LogP contribution in [-0.4, -0.2) is 44.8 Å². The van der Waals surface area contributed by atoms with Gasteiger partial charge in [-0.15, -0.1) is 0 Å². The van der Waals surface area contributed by atoms with Crippen molar-refractivity contribution in [1.82, 2.24) is 24.6 Å². The molecule has 0 saturated carbocycles. The van der Waals surface area contributed by atoms with Gasteiger partial charge in [-0.1, -0.05) is 55.5 Å². The molecule has 7 heteroatoms. The number of aryl methyl sites for hydroxylation is 1. The van der Waals surface area contributed by atoms with Gasteiger partial charge in [0.05, 0.1) is 6.20 Å². The summed E-state index contributed by atoms with van der Waals surface area (Å²) >= 11 is 0. The third-order valence-corrected chi connectivity index (χ3v) is 5.85. The summed E-state index contributed by atoms with van der Waals surface area (Å²) in [6, 6.07) is 18.1. The molecule has 0 saturated heterocycles. The van der Waals surface area contributed by atoms with E-state index in [1.807, 2.05) is 47.0 Å². The van der Waals surface area contributed by atoms with Gasteiger partial charge in [-0.3, -0.25) is 9.59 Å². The molecule has 0 bridgehead atoms. The molecule has 0 aliphatic rings. The monoisotopic (exact) mass is 431 g/mol. The largest absolute Gasteiger partial charge is 0.351 e. The van der Waals surface area contributed by atoms with Crippen molar-refractivity contribution in [3.8, 4) is 0 Å². The molecule has 4 aromatic rings. The number of likely N-dealkylation sites (N-methyl/N-ethyl adjacent to an activating group) is 1. The molecular weight excluding hydrogens is 402 g/mol. The number of carbonyl (C=O) groups excluding carboxylic acids is 1. The van der Waals surface area contributed by atoms with E-state index in [-0.39, 0.29) is 24.1 Å². The first-order chi connectivity index (χ1) is 15.5. The maximum atomic E-state index is 13.0. The molecule has 32 heavy (non-hydrogen) atoms. The lowest BCUT2D eigenvalue weighted by molar-refractivity contribution is -0.122. The molecule has 2 aromatic heterocycles. The molecular formula is C25H29N5O2. The molecule has 0 fully saturated rings. The number of fused-ring (bicyclic) bond motifs is 3. The van der Waals surface area contributed by atoms with Crippen molar-refractivity contribution in [2.24, 2.45) is 7.05 Å². The highest BCUT2D eigenvalue weighted by Crippen LogP contribution is 2.26. The highest BCUT2D eigenvalue weighted by atomic mass is 16.2. The third kappa shape index (κ3) is 4.43. The molecule has 2 heterocycles. The number of nitrogens with zero attached hydrogens (tertiary/aromatic N) is 4. The number of benzene rings is 2. The van der Waals surface area contributed by atoms with Crippen molar-refractivity contribution in [3.05, 3.63) is 76.7 Å². The molecule has 0 radical (unpaired) electrons. The average Bonchev–Trinajstić information content (AvgIpc) is 3.10. The Hall–Kier alpha value is -3.45. The van der Waals surface area contributed by atoms with E-state index in [0.717, 1.165) is 35.8 Å². The number of nitrogens with one attached hydrogen (secondary N) is 1. The van der Waals surface area contributed by atoms with Crippen LogP contribution in [0.1, 0.15) is 18.9 Å². The van der Waals surface area contributed by atoms with E-state index in [9.17, 15) is 9.59 Å². The van der Waals surface area contributed by atoms with Crippen molar-refractivity contribution >= 4 is 27.7 Å². The maximum absolute atomic E-state index is 13.0. The van der Waals surface area contributed by atoms with E-state index in [1.54, 1.807) is 13.2 Å². The topological polar surface area (TPSA) is 72.2 Å². The lowest BCUT2D eigenvalue weighted by Crippen LogP contribution is -2.43. The Morgan fingerprint density at radius 2 is 1.81 bits per heavy atom. The molecule has 1 atom stereocenters. The lowest BCUT2D eigenvalue weighted by Gasteiger charge is -2.24. The second-order valence-electron chi connectivity index (χ2n) is 8.29. The fraction of sp³-hybridized carbons (Fsp3) is 0.320. The Labute approximate surface area is 187 Å². The smallest absolute Gasteiger partial charge is 0.291 e. The predicted octanol–water partition coefficient (Wildman–Crippen LogP) is 2.92. The first kappa shape index (κ1) is 21.8. The minimum atomic E-state index is -0.207. The summed E-state index contributed by atoms with van der Waals surface area (Å²) in [6.07, 6.45) is 2.52. The summed E-state index contributed by atoms with van der Waals surface area (Å²) < 4.78 is 3.12. The highest BCUT2D eigenvalue weighted by molar-refractivity contribution is 6.07. The number of hydrogen-bond donors (Lipinski definition) is 1. The van der Waals surface area contributed by atoms with Crippen molar-refractivity contribution in [3.63, 3.8) is 0 Å². The predicted molar refractivity (Wildman–Crippen MR) is 127 cm³/mol. The second-order valence-corrected chi connectivity index (χ2v) is 8.29. The zero-order valence-electron chi connectivity index (χ0n) is 18.8. The summed E-state index contributed by atoms with van der Waals surface area (Å²) in [6.45, 7) is 3.73. The summed E-state index contributed by atoms with van der Waals surface area (Å²) in [5.74, 6) is -0.105.